The molecule has 3 aliphatic heterocycles. The summed E-state index contributed by atoms with van der Waals surface area (Å²) in [5, 5.41) is 0. The van der Waals surface area contributed by atoms with Crippen LogP contribution in [-0.2, 0) is 14.4 Å². The topological polar surface area (TPSA) is 77.4 Å². The van der Waals surface area contributed by atoms with Crippen LogP contribution in [0, 0.1) is 11.8 Å². The summed E-state index contributed by atoms with van der Waals surface area (Å²) in [6, 6.07) is 11.9. The van der Waals surface area contributed by atoms with E-state index in [-0.39, 0.29) is 23.6 Å². The number of quaternary nitrogens is 1. The Kier molecular flexibility index (Phi) is 4.44. The minimum atomic E-state index is -0.715. The first-order valence-electron chi connectivity index (χ1n) is 10.2. The number of ketones is 1. The Morgan fingerprint density at radius 1 is 1.00 bits per heavy atom. The highest BCUT2D eigenvalue weighted by molar-refractivity contribution is 6.24. The van der Waals surface area contributed by atoms with Gasteiger partial charge in [-0.1, -0.05) is 24.3 Å². The van der Waals surface area contributed by atoms with Gasteiger partial charge in [0.2, 0.25) is 11.8 Å². The summed E-state index contributed by atoms with van der Waals surface area (Å²) in [6.45, 7) is 1.50. The second-order valence-corrected chi connectivity index (χ2v) is 8.13. The standard InChI is InChI=1S/C24H22N2O5/c1-13(27)21-19-20(22-16-7-5-4-6-14(16)10-11-25(21)22)24(29)26(23(19)28)17-9-8-15(30-2)12-18(17)31-3/h4-12,19-22H,1-3H3/p+1/t19-,20+,21-,22+/m1/s1. The fraction of sp³-hybridized carbons (Fsp3) is 0.292. The molecule has 7 nitrogen and oxygen atoms in total. The number of imide groups is 1. The van der Waals surface area contributed by atoms with E-state index in [1.165, 1.54) is 26.0 Å². The van der Waals surface area contributed by atoms with Crippen molar-refractivity contribution in [3.8, 4) is 11.5 Å². The maximum Gasteiger partial charge on any atom is 0.244 e. The quantitative estimate of drug-likeness (QED) is 0.758. The number of hydrogen-bond acceptors (Lipinski definition) is 5. The SMILES string of the molecule is COc1ccc(N2C(=O)[C@@H]3[C@H](C2=O)[C@@H]2c4ccccc4C=C[NH+]2[C@@H]3C(C)=O)c(OC)c1. The fourth-order valence-electron chi connectivity index (χ4n) is 5.43. The van der Waals surface area contributed by atoms with Gasteiger partial charge >= 0.3 is 0 Å². The van der Waals surface area contributed by atoms with Crippen molar-refractivity contribution < 1.29 is 28.8 Å². The van der Waals surface area contributed by atoms with Gasteiger partial charge in [-0.2, -0.15) is 0 Å². The number of rotatable bonds is 4. The van der Waals surface area contributed by atoms with E-state index in [0.29, 0.717) is 17.2 Å². The first-order valence-corrected chi connectivity index (χ1v) is 10.2. The Morgan fingerprint density at radius 3 is 2.45 bits per heavy atom. The first kappa shape index (κ1) is 19.5. The summed E-state index contributed by atoms with van der Waals surface area (Å²) >= 11 is 0. The van der Waals surface area contributed by atoms with Gasteiger partial charge in [0, 0.05) is 18.6 Å². The normalized spacial score (nSPS) is 28.2. The van der Waals surface area contributed by atoms with E-state index >= 15 is 0 Å². The molecule has 31 heavy (non-hydrogen) atoms. The molecule has 5 atom stereocenters. The Bertz CT molecular complexity index is 1140. The molecule has 3 heterocycles. The third kappa shape index (κ3) is 2.66. The molecular weight excluding hydrogens is 396 g/mol. The van der Waals surface area contributed by atoms with Gasteiger partial charge < -0.3 is 9.47 Å². The van der Waals surface area contributed by atoms with E-state index in [2.05, 4.69) is 0 Å². The summed E-state index contributed by atoms with van der Waals surface area (Å²) in [7, 11) is 3.02. The molecule has 3 aliphatic rings. The Morgan fingerprint density at radius 2 is 1.74 bits per heavy atom. The lowest BCUT2D eigenvalue weighted by molar-refractivity contribution is -0.884. The number of amides is 2. The molecule has 2 aromatic carbocycles. The third-order valence-corrected chi connectivity index (χ3v) is 6.69. The monoisotopic (exact) mass is 419 g/mol. The largest absolute Gasteiger partial charge is 0.497 e. The van der Waals surface area contributed by atoms with Crippen LogP contribution in [0.1, 0.15) is 24.1 Å². The van der Waals surface area contributed by atoms with Crippen LogP contribution < -0.4 is 19.3 Å². The Labute approximate surface area is 179 Å². The van der Waals surface area contributed by atoms with Crippen LogP contribution in [0.4, 0.5) is 5.69 Å². The zero-order valence-corrected chi connectivity index (χ0v) is 17.5. The molecule has 0 bridgehead atoms. The van der Waals surface area contributed by atoms with E-state index < -0.39 is 17.9 Å². The number of benzene rings is 2. The van der Waals surface area contributed by atoms with Crippen molar-refractivity contribution >= 4 is 29.4 Å². The number of nitrogens with zero attached hydrogens (tertiary/aromatic N) is 1. The second kappa shape index (κ2) is 7.06. The number of hydrogen-bond donors (Lipinski definition) is 1. The zero-order valence-electron chi connectivity index (χ0n) is 17.5. The van der Waals surface area contributed by atoms with Crippen LogP contribution in [0.15, 0.2) is 48.7 Å². The molecule has 0 aliphatic carbocycles. The van der Waals surface area contributed by atoms with Gasteiger partial charge in [-0.3, -0.25) is 19.3 Å². The number of carbonyl (C=O) groups excluding carboxylic acids is 3. The van der Waals surface area contributed by atoms with Crippen LogP contribution in [0.5, 0.6) is 11.5 Å². The van der Waals surface area contributed by atoms with Crippen LogP contribution in [-0.4, -0.2) is 37.9 Å². The highest BCUT2D eigenvalue weighted by Gasteiger charge is 2.67. The maximum atomic E-state index is 13.7. The lowest BCUT2D eigenvalue weighted by Gasteiger charge is -2.30. The lowest BCUT2D eigenvalue weighted by atomic mass is 9.84. The van der Waals surface area contributed by atoms with Crippen LogP contribution in [0.2, 0.25) is 0 Å². The molecule has 158 valence electrons. The van der Waals surface area contributed by atoms with Gasteiger partial charge in [-0.25, -0.2) is 4.90 Å². The maximum absolute atomic E-state index is 13.7. The smallest absolute Gasteiger partial charge is 0.244 e. The van der Waals surface area contributed by atoms with Crippen molar-refractivity contribution in [1.29, 1.82) is 0 Å². The molecule has 0 saturated carbocycles. The van der Waals surface area contributed by atoms with Crippen molar-refractivity contribution in [3.05, 3.63) is 59.8 Å². The second-order valence-electron chi connectivity index (χ2n) is 8.13. The molecular formula is C24H23N2O5+. The molecule has 2 aromatic rings. The summed E-state index contributed by atoms with van der Waals surface area (Å²) in [5.74, 6) is -1.15. The molecule has 0 spiro atoms. The van der Waals surface area contributed by atoms with Gasteiger partial charge in [0.25, 0.3) is 0 Å². The van der Waals surface area contributed by atoms with Gasteiger partial charge in [0.05, 0.1) is 26.1 Å². The van der Waals surface area contributed by atoms with E-state index in [1.54, 1.807) is 18.2 Å². The van der Waals surface area contributed by atoms with Crippen molar-refractivity contribution in [1.82, 2.24) is 0 Å². The molecule has 2 fully saturated rings. The fourth-order valence-corrected chi connectivity index (χ4v) is 5.43. The highest BCUT2D eigenvalue weighted by atomic mass is 16.5. The summed E-state index contributed by atoms with van der Waals surface area (Å²) < 4.78 is 10.7. The Balaban J connectivity index is 1.64. The van der Waals surface area contributed by atoms with Crippen LogP contribution >= 0.6 is 0 Å². The summed E-state index contributed by atoms with van der Waals surface area (Å²) in [4.78, 5) is 42.1. The molecule has 5 rings (SSSR count). The molecule has 2 saturated heterocycles. The number of ether oxygens (including phenoxy) is 2. The number of nitrogens with one attached hydrogen (secondary N) is 1. The predicted octanol–water partition coefficient (Wildman–Crippen LogP) is 1.39. The predicted molar refractivity (Wildman–Crippen MR) is 113 cm³/mol. The lowest BCUT2D eigenvalue weighted by Crippen LogP contribution is -3.12. The van der Waals surface area contributed by atoms with Crippen molar-refractivity contribution in [2.45, 2.75) is 19.0 Å². The number of fused-ring (bicyclic) bond motifs is 5. The van der Waals surface area contributed by atoms with Gasteiger partial charge in [0.15, 0.2) is 11.8 Å². The van der Waals surface area contributed by atoms with Gasteiger partial charge in [-0.05, 0) is 23.8 Å². The van der Waals surface area contributed by atoms with Gasteiger partial charge in [0.1, 0.15) is 29.4 Å². The number of anilines is 1. The van der Waals surface area contributed by atoms with E-state index in [4.69, 9.17) is 9.47 Å². The van der Waals surface area contributed by atoms with E-state index in [0.717, 1.165) is 16.0 Å². The minimum absolute atomic E-state index is 0.0961. The minimum Gasteiger partial charge on any atom is -0.497 e. The number of carbonyl (C=O) groups is 3. The van der Waals surface area contributed by atoms with Gasteiger partial charge in [-0.15, -0.1) is 0 Å². The van der Waals surface area contributed by atoms with E-state index in [1.807, 2.05) is 36.5 Å². The highest BCUT2D eigenvalue weighted by Crippen LogP contribution is 2.46. The summed E-state index contributed by atoms with van der Waals surface area (Å²) in [6.07, 6.45) is 3.90. The van der Waals surface area contributed by atoms with Crippen LogP contribution in [0.3, 0.4) is 0 Å². The molecule has 7 heteroatoms. The third-order valence-electron chi connectivity index (χ3n) is 6.69. The Hall–Kier alpha value is -3.45. The zero-order chi connectivity index (χ0) is 21.9. The molecule has 0 radical (unpaired) electrons. The van der Waals surface area contributed by atoms with E-state index in [9.17, 15) is 14.4 Å². The molecule has 1 unspecified atom stereocenters. The van der Waals surface area contributed by atoms with Crippen molar-refractivity contribution in [3.63, 3.8) is 0 Å². The average Bonchev–Trinajstić information content (AvgIpc) is 3.26. The molecule has 1 N–H and O–H groups in total. The molecule has 2 amide bonds. The van der Waals surface area contributed by atoms with Crippen molar-refractivity contribution in [2.75, 3.05) is 19.1 Å². The number of methoxy groups -OCH3 is 2. The summed E-state index contributed by atoms with van der Waals surface area (Å²) in [5.41, 5.74) is 2.37. The molecule has 0 aromatic heterocycles. The van der Waals surface area contributed by atoms with Crippen LogP contribution in [0.25, 0.3) is 6.08 Å². The van der Waals surface area contributed by atoms with Crippen molar-refractivity contribution in [2.24, 2.45) is 11.8 Å². The number of Topliss-reactive ketones (excluding diaryl/α,β-unsaturated/α-hetero) is 1. The average molecular weight is 419 g/mol. The first-order chi connectivity index (χ1) is 15.0.